The molecule has 2 fully saturated rings. The van der Waals surface area contributed by atoms with E-state index >= 15 is 0 Å². The summed E-state index contributed by atoms with van der Waals surface area (Å²) in [6, 6.07) is 12.6. The minimum absolute atomic E-state index is 0.0120. The number of rotatable bonds is 3. The molecule has 2 amide bonds. The van der Waals surface area contributed by atoms with Crippen LogP contribution >= 0.6 is 11.6 Å². The molecule has 0 atom stereocenters. The highest BCUT2D eigenvalue weighted by atomic mass is 35.5. The van der Waals surface area contributed by atoms with Gasteiger partial charge in [0.25, 0.3) is 11.8 Å². The van der Waals surface area contributed by atoms with Crippen molar-refractivity contribution in [3.8, 4) is 0 Å². The fourth-order valence-electron chi connectivity index (χ4n) is 3.98. The largest absolute Gasteiger partial charge is 0.397 e. The van der Waals surface area contributed by atoms with Crippen LogP contribution in [0.1, 0.15) is 20.7 Å². The number of nitrogen functional groups attached to an aromatic ring is 1. The van der Waals surface area contributed by atoms with Crippen molar-refractivity contribution < 1.29 is 9.59 Å². The molecule has 8 heteroatoms. The number of nitrogens with one attached hydrogen (secondary N) is 1. The fraction of sp³-hybridized carbons (Fsp3) is 0.364. The molecular formula is C22H26ClN5O2. The summed E-state index contributed by atoms with van der Waals surface area (Å²) in [6.45, 7) is 5.63. The first-order valence-electron chi connectivity index (χ1n) is 10.2. The minimum atomic E-state index is -0.0120. The number of hydrogen-bond acceptors (Lipinski definition) is 5. The Morgan fingerprint density at radius 2 is 1.47 bits per heavy atom. The fourth-order valence-corrected chi connectivity index (χ4v) is 4.17. The van der Waals surface area contributed by atoms with E-state index in [9.17, 15) is 9.59 Å². The molecule has 158 valence electrons. The Morgan fingerprint density at radius 1 is 0.833 bits per heavy atom. The van der Waals surface area contributed by atoms with Crippen molar-refractivity contribution in [3.05, 3.63) is 58.6 Å². The van der Waals surface area contributed by atoms with Gasteiger partial charge < -0.3 is 25.8 Å². The number of anilines is 2. The third kappa shape index (κ3) is 4.37. The quantitative estimate of drug-likeness (QED) is 0.731. The van der Waals surface area contributed by atoms with Gasteiger partial charge in [-0.2, -0.15) is 0 Å². The Balaban J connectivity index is 1.39. The molecule has 2 aliphatic rings. The summed E-state index contributed by atoms with van der Waals surface area (Å²) in [5, 5.41) is 3.81. The van der Waals surface area contributed by atoms with Crippen LogP contribution in [-0.2, 0) is 0 Å². The maximum atomic E-state index is 12.7. The third-order valence-corrected chi connectivity index (χ3v) is 5.89. The van der Waals surface area contributed by atoms with Crippen molar-refractivity contribution in [2.45, 2.75) is 0 Å². The van der Waals surface area contributed by atoms with Crippen LogP contribution in [-0.4, -0.2) is 74.0 Å². The van der Waals surface area contributed by atoms with Gasteiger partial charge in [0, 0.05) is 68.5 Å². The Labute approximate surface area is 181 Å². The topological polar surface area (TPSA) is 81.9 Å². The van der Waals surface area contributed by atoms with E-state index in [-0.39, 0.29) is 11.8 Å². The summed E-state index contributed by atoms with van der Waals surface area (Å²) in [7, 11) is 0. The molecule has 0 unspecified atom stereocenters. The number of nitrogens with two attached hydrogens (primary N) is 1. The van der Waals surface area contributed by atoms with Crippen LogP contribution in [0.4, 0.5) is 11.4 Å². The number of carbonyl (C=O) groups is 2. The van der Waals surface area contributed by atoms with Crippen LogP contribution in [0.5, 0.6) is 0 Å². The van der Waals surface area contributed by atoms with Gasteiger partial charge in [-0.25, -0.2) is 0 Å². The monoisotopic (exact) mass is 427 g/mol. The third-order valence-electron chi connectivity index (χ3n) is 5.66. The highest BCUT2D eigenvalue weighted by Gasteiger charge is 2.24. The van der Waals surface area contributed by atoms with Gasteiger partial charge in [-0.05, 0) is 36.4 Å². The van der Waals surface area contributed by atoms with E-state index < -0.39 is 0 Å². The standard InChI is InChI=1S/C22H26ClN5O2/c23-18-3-1-2-16(14-18)21(29)28-12-10-26(11-13-28)20-5-4-17(15-19(20)24)22(30)27-8-6-25-7-9-27/h1-5,14-15,25H,6-13,24H2. The molecule has 0 radical (unpaired) electrons. The van der Waals surface area contributed by atoms with E-state index in [1.165, 1.54) is 0 Å². The molecule has 2 aliphatic heterocycles. The zero-order chi connectivity index (χ0) is 21.1. The summed E-state index contributed by atoms with van der Waals surface area (Å²) in [5.74, 6) is 0.00813. The molecule has 2 aromatic carbocycles. The van der Waals surface area contributed by atoms with Crippen LogP contribution < -0.4 is 16.0 Å². The Bertz CT molecular complexity index is 937. The normalized spacial score (nSPS) is 17.2. The molecule has 2 aromatic rings. The molecule has 0 aliphatic carbocycles. The van der Waals surface area contributed by atoms with Crippen molar-refractivity contribution in [1.82, 2.24) is 15.1 Å². The van der Waals surface area contributed by atoms with E-state index in [2.05, 4.69) is 10.2 Å². The van der Waals surface area contributed by atoms with Gasteiger partial charge in [0.05, 0.1) is 11.4 Å². The number of amides is 2. The minimum Gasteiger partial charge on any atom is -0.397 e. The van der Waals surface area contributed by atoms with E-state index in [1.807, 2.05) is 21.9 Å². The Hall–Kier alpha value is -2.77. The second kappa shape index (κ2) is 8.93. The summed E-state index contributed by atoms with van der Waals surface area (Å²) in [6.07, 6.45) is 0. The van der Waals surface area contributed by atoms with Gasteiger partial charge >= 0.3 is 0 Å². The van der Waals surface area contributed by atoms with Crippen LogP contribution in [0.15, 0.2) is 42.5 Å². The highest BCUT2D eigenvalue weighted by Crippen LogP contribution is 2.26. The molecule has 0 aromatic heterocycles. The highest BCUT2D eigenvalue weighted by molar-refractivity contribution is 6.30. The SMILES string of the molecule is Nc1cc(C(=O)N2CCNCC2)ccc1N1CCN(C(=O)c2cccc(Cl)c2)CC1. The van der Waals surface area contributed by atoms with Crippen molar-refractivity contribution in [2.75, 3.05) is 63.0 Å². The number of hydrogen-bond donors (Lipinski definition) is 2. The summed E-state index contributed by atoms with van der Waals surface area (Å²) in [5.41, 5.74) is 9.02. The van der Waals surface area contributed by atoms with Crippen molar-refractivity contribution in [1.29, 1.82) is 0 Å². The predicted octanol–water partition coefficient (Wildman–Crippen LogP) is 1.93. The van der Waals surface area contributed by atoms with Crippen LogP contribution in [0.2, 0.25) is 5.02 Å². The van der Waals surface area contributed by atoms with Crippen molar-refractivity contribution in [3.63, 3.8) is 0 Å². The van der Waals surface area contributed by atoms with Gasteiger partial charge in [-0.3, -0.25) is 9.59 Å². The molecule has 2 saturated heterocycles. The number of benzene rings is 2. The second-order valence-corrected chi connectivity index (χ2v) is 8.04. The first-order valence-corrected chi connectivity index (χ1v) is 10.6. The van der Waals surface area contributed by atoms with Crippen molar-refractivity contribution in [2.24, 2.45) is 0 Å². The smallest absolute Gasteiger partial charge is 0.254 e. The lowest BCUT2D eigenvalue weighted by molar-refractivity contribution is 0.0731. The zero-order valence-corrected chi connectivity index (χ0v) is 17.6. The number of halogens is 1. The lowest BCUT2D eigenvalue weighted by Gasteiger charge is -2.36. The molecular weight excluding hydrogens is 402 g/mol. The van der Waals surface area contributed by atoms with Gasteiger partial charge in [0.2, 0.25) is 0 Å². The predicted molar refractivity (Wildman–Crippen MR) is 119 cm³/mol. The molecule has 0 bridgehead atoms. The van der Waals surface area contributed by atoms with Crippen molar-refractivity contribution >= 4 is 34.8 Å². The summed E-state index contributed by atoms with van der Waals surface area (Å²) in [4.78, 5) is 31.3. The van der Waals surface area contributed by atoms with E-state index in [0.29, 0.717) is 61.1 Å². The molecule has 0 saturated carbocycles. The lowest BCUT2D eigenvalue weighted by atomic mass is 10.1. The average molecular weight is 428 g/mol. The lowest BCUT2D eigenvalue weighted by Crippen LogP contribution is -2.49. The van der Waals surface area contributed by atoms with Crippen LogP contribution in [0.25, 0.3) is 0 Å². The maximum Gasteiger partial charge on any atom is 0.254 e. The van der Waals surface area contributed by atoms with Gasteiger partial charge in [-0.1, -0.05) is 17.7 Å². The number of piperazine rings is 2. The Kier molecular flexibility index (Phi) is 6.11. The number of carbonyl (C=O) groups excluding carboxylic acids is 2. The first kappa shape index (κ1) is 20.5. The Morgan fingerprint density at radius 3 is 2.10 bits per heavy atom. The average Bonchev–Trinajstić information content (AvgIpc) is 2.79. The van der Waals surface area contributed by atoms with E-state index in [1.54, 1.807) is 30.3 Å². The summed E-state index contributed by atoms with van der Waals surface area (Å²) >= 11 is 6.01. The molecule has 3 N–H and O–H groups in total. The zero-order valence-electron chi connectivity index (χ0n) is 16.8. The molecule has 4 rings (SSSR count). The maximum absolute atomic E-state index is 12.7. The van der Waals surface area contributed by atoms with Crippen LogP contribution in [0, 0.1) is 0 Å². The van der Waals surface area contributed by atoms with Gasteiger partial charge in [0.15, 0.2) is 0 Å². The van der Waals surface area contributed by atoms with E-state index in [4.69, 9.17) is 17.3 Å². The summed E-state index contributed by atoms with van der Waals surface area (Å²) < 4.78 is 0. The second-order valence-electron chi connectivity index (χ2n) is 7.61. The van der Waals surface area contributed by atoms with E-state index in [0.717, 1.165) is 18.8 Å². The first-order chi connectivity index (χ1) is 14.5. The number of nitrogens with zero attached hydrogens (tertiary/aromatic N) is 3. The molecule has 0 spiro atoms. The van der Waals surface area contributed by atoms with Crippen LogP contribution in [0.3, 0.4) is 0 Å². The molecule has 7 nitrogen and oxygen atoms in total. The molecule has 30 heavy (non-hydrogen) atoms. The van der Waals surface area contributed by atoms with Gasteiger partial charge in [-0.15, -0.1) is 0 Å². The molecule has 2 heterocycles. The van der Waals surface area contributed by atoms with Gasteiger partial charge in [0.1, 0.15) is 0 Å².